The first-order chi connectivity index (χ1) is 16.0. The van der Waals surface area contributed by atoms with E-state index >= 15 is 0 Å². The number of rotatable bonds is 11. The van der Waals surface area contributed by atoms with Crippen LogP contribution in [0.3, 0.4) is 0 Å². The molecule has 1 aromatic heterocycles. The molecule has 33 heavy (non-hydrogen) atoms. The topological polar surface area (TPSA) is 112 Å². The van der Waals surface area contributed by atoms with Crippen molar-refractivity contribution in [3.63, 3.8) is 0 Å². The summed E-state index contributed by atoms with van der Waals surface area (Å²) in [7, 11) is 0. The predicted octanol–water partition coefficient (Wildman–Crippen LogP) is 2.96. The van der Waals surface area contributed by atoms with E-state index in [1.807, 2.05) is 30.3 Å². The minimum absolute atomic E-state index is 0.169. The van der Waals surface area contributed by atoms with Gasteiger partial charge in [-0.3, -0.25) is 0 Å². The molecule has 7 nitrogen and oxygen atoms in total. The van der Waals surface area contributed by atoms with Crippen molar-refractivity contribution in [1.82, 2.24) is 20.9 Å². The zero-order chi connectivity index (χ0) is 23.5. The van der Waals surface area contributed by atoms with Crippen LogP contribution in [0.4, 0.5) is 10.6 Å². The van der Waals surface area contributed by atoms with Gasteiger partial charge in [-0.2, -0.15) is 0 Å². The zero-order valence-corrected chi connectivity index (χ0v) is 19.0. The molecular weight excluding hydrogens is 414 g/mol. The van der Waals surface area contributed by atoms with Crippen LogP contribution in [0.5, 0.6) is 0 Å². The van der Waals surface area contributed by atoms with E-state index in [-0.39, 0.29) is 12.1 Å². The molecule has 7 heteroatoms. The molecule has 0 aliphatic heterocycles. The van der Waals surface area contributed by atoms with Gasteiger partial charge in [0.2, 0.25) is 0 Å². The molecule has 1 heterocycles. The third-order valence-electron chi connectivity index (χ3n) is 5.38. The lowest BCUT2D eigenvalue weighted by Crippen LogP contribution is -2.36. The number of nitrogens with two attached hydrogens (primary N) is 1. The largest absolute Gasteiger partial charge is 0.387 e. The van der Waals surface area contributed by atoms with Crippen LogP contribution in [-0.4, -0.2) is 35.3 Å². The van der Waals surface area contributed by atoms with Crippen LogP contribution in [-0.2, 0) is 19.4 Å². The molecule has 174 valence electrons. The van der Waals surface area contributed by atoms with E-state index in [4.69, 9.17) is 5.73 Å². The Labute approximate surface area is 195 Å². The monoisotopic (exact) mass is 447 g/mol. The highest BCUT2D eigenvalue weighted by atomic mass is 16.3. The second-order valence-corrected chi connectivity index (χ2v) is 8.21. The summed E-state index contributed by atoms with van der Waals surface area (Å²) in [6.45, 7) is 3.57. The molecule has 0 spiro atoms. The minimum Gasteiger partial charge on any atom is -0.387 e. The average molecular weight is 448 g/mol. The first-order valence-corrected chi connectivity index (χ1v) is 11.3. The first kappa shape index (κ1) is 24.2. The number of carbonyl (C=O) groups is 1. The third kappa shape index (κ3) is 8.56. The van der Waals surface area contributed by atoms with E-state index in [1.165, 1.54) is 11.1 Å². The van der Waals surface area contributed by atoms with Crippen LogP contribution in [0, 0.1) is 0 Å². The molecule has 0 saturated heterocycles. The molecule has 3 rings (SSSR count). The number of aromatic nitrogens is 1. The molecule has 2 aromatic carbocycles. The van der Waals surface area contributed by atoms with E-state index < -0.39 is 6.10 Å². The van der Waals surface area contributed by atoms with Gasteiger partial charge in [-0.25, -0.2) is 9.78 Å². The van der Waals surface area contributed by atoms with Gasteiger partial charge >= 0.3 is 6.03 Å². The Bertz CT molecular complexity index is 995. The normalized spacial score (nSPS) is 12.7. The van der Waals surface area contributed by atoms with Crippen molar-refractivity contribution >= 4 is 11.8 Å². The molecule has 2 atom stereocenters. The number of benzene rings is 2. The Hall–Kier alpha value is -3.42. The summed E-state index contributed by atoms with van der Waals surface area (Å²) in [4.78, 5) is 16.1. The van der Waals surface area contributed by atoms with Crippen LogP contribution in [0.15, 0.2) is 72.9 Å². The molecule has 0 radical (unpaired) electrons. The fourth-order valence-electron chi connectivity index (χ4n) is 3.55. The van der Waals surface area contributed by atoms with Gasteiger partial charge in [-0.15, -0.1) is 0 Å². The summed E-state index contributed by atoms with van der Waals surface area (Å²) < 4.78 is 0. The van der Waals surface area contributed by atoms with Crippen LogP contribution in [0.2, 0.25) is 0 Å². The number of amides is 2. The van der Waals surface area contributed by atoms with Crippen molar-refractivity contribution in [3.8, 4) is 0 Å². The fourth-order valence-corrected chi connectivity index (χ4v) is 3.55. The molecule has 0 saturated carbocycles. The molecular formula is C26H33N5O2. The van der Waals surface area contributed by atoms with Crippen LogP contribution < -0.4 is 21.7 Å². The zero-order valence-electron chi connectivity index (χ0n) is 19.0. The van der Waals surface area contributed by atoms with Gasteiger partial charge in [0.1, 0.15) is 5.82 Å². The second-order valence-electron chi connectivity index (χ2n) is 8.21. The van der Waals surface area contributed by atoms with Crippen molar-refractivity contribution in [1.29, 1.82) is 0 Å². The Morgan fingerprint density at radius 3 is 2.52 bits per heavy atom. The van der Waals surface area contributed by atoms with Gasteiger partial charge in [0.25, 0.3) is 0 Å². The smallest absolute Gasteiger partial charge is 0.315 e. The van der Waals surface area contributed by atoms with Crippen molar-refractivity contribution < 1.29 is 9.90 Å². The van der Waals surface area contributed by atoms with E-state index in [0.717, 1.165) is 24.0 Å². The molecule has 0 aliphatic carbocycles. The van der Waals surface area contributed by atoms with Gasteiger partial charge in [-0.05, 0) is 42.5 Å². The molecule has 0 fully saturated rings. The number of nitrogen functional groups attached to an aromatic ring is 1. The van der Waals surface area contributed by atoms with Crippen LogP contribution in [0.25, 0.3) is 0 Å². The number of anilines is 1. The summed E-state index contributed by atoms with van der Waals surface area (Å²) in [5.41, 5.74) is 9.74. The maximum atomic E-state index is 12.1. The summed E-state index contributed by atoms with van der Waals surface area (Å²) in [5, 5.41) is 19.5. The third-order valence-corrected chi connectivity index (χ3v) is 5.38. The summed E-state index contributed by atoms with van der Waals surface area (Å²) in [6.07, 6.45) is 2.57. The quantitative estimate of drug-likeness (QED) is 0.310. The second kappa shape index (κ2) is 12.6. The highest BCUT2D eigenvalue weighted by Crippen LogP contribution is 2.13. The SMILES string of the molecule is CC(Cc1cccc(CNC(=O)NCCc2ccccc2)c1)NC[C@H](O)c1ccc(N)nc1. The summed E-state index contributed by atoms with van der Waals surface area (Å²) >= 11 is 0. The highest BCUT2D eigenvalue weighted by molar-refractivity contribution is 5.73. The number of aliphatic hydroxyl groups is 1. The molecule has 0 bridgehead atoms. The number of nitrogens with zero attached hydrogens (tertiary/aromatic N) is 1. The number of aliphatic hydroxyl groups excluding tert-OH is 1. The Morgan fingerprint density at radius 2 is 1.76 bits per heavy atom. The Morgan fingerprint density at radius 1 is 1.00 bits per heavy atom. The van der Waals surface area contributed by atoms with E-state index in [1.54, 1.807) is 18.3 Å². The van der Waals surface area contributed by atoms with Crippen molar-refractivity contribution in [2.75, 3.05) is 18.8 Å². The summed E-state index contributed by atoms with van der Waals surface area (Å²) in [5.74, 6) is 0.436. The molecule has 2 amide bonds. The lowest BCUT2D eigenvalue weighted by molar-refractivity contribution is 0.170. The van der Waals surface area contributed by atoms with E-state index in [9.17, 15) is 9.90 Å². The van der Waals surface area contributed by atoms with Gasteiger partial charge in [0.15, 0.2) is 0 Å². The summed E-state index contributed by atoms with van der Waals surface area (Å²) in [6, 6.07) is 21.7. The van der Waals surface area contributed by atoms with E-state index in [2.05, 4.69) is 52.1 Å². The molecule has 6 N–H and O–H groups in total. The van der Waals surface area contributed by atoms with Crippen molar-refractivity contribution in [2.45, 2.75) is 38.5 Å². The Kier molecular flexibility index (Phi) is 9.23. The standard InChI is InChI=1S/C26H33N5O2/c1-19(29-18-24(32)23-10-11-25(27)30-17-23)14-21-8-5-9-22(15-21)16-31-26(33)28-13-12-20-6-3-2-4-7-20/h2-11,15,17,19,24,29,32H,12-14,16,18H2,1H3,(H2,27,30)(H2,28,31,33)/t19?,24-/m0/s1. The maximum absolute atomic E-state index is 12.1. The van der Waals surface area contributed by atoms with E-state index in [0.29, 0.717) is 25.5 Å². The minimum atomic E-state index is -0.642. The van der Waals surface area contributed by atoms with Gasteiger partial charge in [0.05, 0.1) is 6.10 Å². The lowest BCUT2D eigenvalue weighted by Gasteiger charge is -2.18. The number of nitrogens with one attached hydrogen (secondary N) is 3. The van der Waals surface area contributed by atoms with Gasteiger partial charge in [-0.1, -0.05) is 60.7 Å². The van der Waals surface area contributed by atoms with Crippen LogP contribution >= 0.6 is 0 Å². The number of urea groups is 1. The molecule has 0 aliphatic rings. The lowest BCUT2D eigenvalue weighted by atomic mass is 10.0. The van der Waals surface area contributed by atoms with Crippen LogP contribution in [0.1, 0.15) is 35.3 Å². The number of pyridine rings is 1. The average Bonchev–Trinajstić information content (AvgIpc) is 2.82. The van der Waals surface area contributed by atoms with Crippen molar-refractivity contribution in [3.05, 3.63) is 95.2 Å². The predicted molar refractivity (Wildman–Crippen MR) is 132 cm³/mol. The number of carbonyl (C=O) groups excluding carboxylic acids is 1. The van der Waals surface area contributed by atoms with Crippen molar-refractivity contribution in [2.24, 2.45) is 0 Å². The molecule has 1 unspecified atom stereocenters. The maximum Gasteiger partial charge on any atom is 0.315 e. The molecule has 3 aromatic rings. The van der Waals surface area contributed by atoms with Gasteiger partial charge < -0.3 is 26.8 Å². The fraction of sp³-hybridized carbons (Fsp3) is 0.308. The number of hydrogen-bond acceptors (Lipinski definition) is 5. The first-order valence-electron chi connectivity index (χ1n) is 11.3. The Balaban J connectivity index is 1.38. The number of hydrogen-bond donors (Lipinski definition) is 5. The highest BCUT2D eigenvalue weighted by Gasteiger charge is 2.11. The van der Waals surface area contributed by atoms with Gasteiger partial charge in [0, 0.05) is 37.4 Å².